The molecule has 2 aromatic carbocycles. The fraction of sp³-hybridized carbons (Fsp3) is 0.375. The zero-order valence-corrected chi connectivity index (χ0v) is 18.0. The van der Waals surface area contributed by atoms with E-state index < -0.39 is 18.1 Å². The second kappa shape index (κ2) is 11.3. The van der Waals surface area contributed by atoms with Crippen LogP contribution in [0, 0.1) is 0 Å². The minimum absolute atomic E-state index is 0.0509. The van der Waals surface area contributed by atoms with Crippen LogP contribution in [0.25, 0.3) is 11.1 Å². The summed E-state index contributed by atoms with van der Waals surface area (Å²) in [6.45, 7) is 2.47. The van der Waals surface area contributed by atoms with Crippen molar-refractivity contribution in [2.45, 2.75) is 31.7 Å². The van der Waals surface area contributed by atoms with Crippen molar-refractivity contribution in [2.75, 3.05) is 26.4 Å². The second-order valence-electron chi connectivity index (χ2n) is 7.48. The van der Waals surface area contributed by atoms with Crippen LogP contribution < -0.4 is 10.6 Å². The lowest BCUT2D eigenvalue weighted by Gasteiger charge is -2.18. The van der Waals surface area contributed by atoms with Crippen LogP contribution in [0.4, 0.5) is 4.79 Å². The quantitative estimate of drug-likeness (QED) is 0.463. The minimum atomic E-state index is -0.938. The molecule has 0 heterocycles. The van der Waals surface area contributed by atoms with Gasteiger partial charge in [0, 0.05) is 12.5 Å². The molecule has 0 fully saturated rings. The predicted molar refractivity (Wildman–Crippen MR) is 118 cm³/mol. The van der Waals surface area contributed by atoms with Crippen molar-refractivity contribution >= 4 is 18.0 Å². The SMILES string of the molecule is CC[C@H](NC(=O)OCC1c2ccccc2-c2ccccc21)C(=O)NCCOCCC(=O)O. The molecule has 8 heteroatoms. The maximum Gasteiger partial charge on any atom is 0.407 e. The van der Waals surface area contributed by atoms with E-state index >= 15 is 0 Å². The first-order valence-corrected chi connectivity index (χ1v) is 10.7. The zero-order chi connectivity index (χ0) is 22.9. The molecule has 0 saturated carbocycles. The van der Waals surface area contributed by atoms with E-state index in [1.807, 2.05) is 36.4 Å². The van der Waals surface area contributed by atoms with Crippen LogP contribution in [0.5, 0.6) is 0 Å². The first kappa shape index (κ1) is 23.3. The van der Waals surface area contributed by atoms with Gasteiger partial charge in [0.1, 0.15) is 12.6 Å². The van der Waals surface area contributed by atoms with Crippen LogP contribution in [0.2, 0.25) is 0 Å². The van der Waals surface area contributed by atoms with Crippen molar-refractivity contribution < 1.29 is 29.0 Å². The number of fused-ring (bicyclic) bond motifs is 3. The van der Waals surface area contributed by atoms with Gasteiger partial charge >= 0.3 is 12.1 Å². The second-order valence-corrected chi connectivity index (χ2v) is 7.48. The van der Waals surface area contributed by atoms with E-state index in [1.54, 1.807) is 6.92 Å². The van der Waals surface area contributed by atoms with Gasteiger partial charge in [-0.05, 0) is 28.7 Å². The molecule has 0 radical (unpaired) electrons. The molecule has 1 atom stereocenters. The molecule has 3 N–H and O–H groups in total. The summed E-state index contributed by atoms with van der Waals surface area (Å²) in [6, 6.07) is 15.4. The average Bonchev–Trinajstić information content (AvgIpc) is 3.11. The number of aliphatic carboxylic acids is 1. The summed E-state index contributed by atoms with van der Waals surface area (Å²) in [5.41, 5.74) is 4.53. The van der Waals surface area contributed by atoms with Crippen LogP contribution in [-0.2, 0) is 19.1 Å². The Morgan fingerprint density at radius 3 is 2.22 bits per heavy atom. The number of hydrogen-bond donors (Lipinski definition) is 3. The van der Waals surface area contributed by atoms with Crippen molar-refractivity contribution in [1.29, 1.82) is 0 Å². The number of carboxylic acid groups (broad SMARTS) is 1. The molecule has 0 saturated heterocycles. The smallest absolute Gasteiger partial charge is 0.407 e. The van der Waals surface area contributed by atoms with E-state index in [9.17, 15) is 14.4 Å². The Labute approximate surface area is 186 Å². The maximum absolute atomic E-state index is 12.4. The predicted octanol–water partition coefficient (Wildman–Crippen LogP) is 2.91. The zero-order valence-electron chi connectivity index (χ0n) is 18.0. The molecule has 170 valence electrons. The molecule has 0 aliphatic heterocycles. The van der Waals surface area contributed by atoms with Gasteiger partial charge in [-0.2, -0.15) is 0 Å². The van der Waals surface area contributed by atoms with Gasteiger partial charge in [-0.3, -0.25) is 9.59 Å². The maximum atomic E-state index is 12.4. The Bertz CT molecular complexity index is 916. The monoisotopic (exact) mass is 440 g/mol. The first-order valence-electron chi connectivity index (χ1n) is 10.7. The summed E-state index contributed by atoms with van der Waals surface area (Å²) in [5, 5.41) is 13.8. The highest BCUT2D eigenvalue weighted by Gasteiger charge is 2.29. The summed E-state index contributed by atoms with van der Waals surface area (Å²) in [7, 11) is 0. The lowest BCUT2D eigenvalue weighted by molar-refractivity contribution is -0.138. The molecule has 2 amide bonds. The molecular weight excluding hydrogens is 412 g/mol. The number of carbonyl (C=O) groups excluding carboxylic acids is 2. The van der Waals surface area contributed by atoms with Crippen molar-refractivity contribution in [3.8, 4) is 11.1 Å². The van der Waals surface area contributed by atoms with Gasteiger partial charge in [0.15, 0.2) is 0 Å². The summed E-state index contributed by atoms with van der Waals surface area (Å²) in [4.78, 5) is 35.1. The Balaban J connectivity index is 1.47. The highest BCUT2D eigenvalue weighted by atomic mass is 16.5. The third-order valence-corrected chi connectivity index (χ3v) is 5.37. The number of carboxylic acids is 1. The molecule has 1 aliphatic rings. The van der Waals surface area contributed by atoms with Crippen molar-refractivity contribution in [2.24, 2.45) is 0 Å². The molecule has 0 bridgehead atoms. The minimum Gasteiger partial charge on any atom is -0.481 e. The van der Waals surface area contributed by atoms with E-state index in [2.05, 4.69) is 22.8 Å². The molecule has 0 unspecified atom stereocenters. The number of carbonyl (C=O) groups is 3. The number of ether oxygens (including phenoxy) is 2. The van der Waals surface area contributed by atoms with Crippen LogP contribution in [-0.4, -0.2) is 55.5 Å². The van der Waals surface area contributed by atoms with Gasteiger partial charge in [-0.15, -0.1) is 0 Å². The molecule has 0 aromatic heterocycles. The van der Waals surface area contributed by atoms with Gasteiger partial charge in [-0.25, -0.2) is 4.79 Å². The third-order valence-electron chi connectivity index (χ3n) is 5.37. The molecule has 3 rings (SSSR count). The number of nitrogens with one attached hydrogen (secondary N) is 2. The molecule has 1 aliphatic carbocycles. The van der Waals surface area contributed by atoms with Gasteiger partial charge in [0.25, 0.3) is 0 Å². The lowest BCUT2D eigenvalue weighted by Crippen LogP contribution is -2.47. The van der Waals surface area contributed by atoms with Crippen LogP contribution in [0.1, 0.15) is 36.8 Å². The molecule has 8 nitrogen and oxygen atoms in total. The van der Waals surface area contributed by atoms with E-state index in [4.69, 9.17) is 14.6 Å². The molecular formula is C24H28N2O6. The summed E-state index contributed by atoms with van der Waals surface area (Å²) in [6.07, 6.45) is -0.336. The number of alkyl carbamates (subject to hydrolysis) is 1. The van der Waals surface area contributed by atoms with E-state index in [0.29, 0.717) is 6.42 Å². The highest BCUT2D eigenvalue weighted by Crippen LogP contribution is 2.44. The summed E-state index contributed by atoms with van der Waals surface area (Å²) >= 11 is 0. The Morgan fingerprint density at radius 2 is 1.62 bits per heavy atom. The van der Waals surface area contributed by atoms with E-state index in [0.717, 1.165) is 22.3 Å². The van der Waals surface area contributed by atoms with Gasteiger partial charge < -0.3 is 25.2 Å². The third kappa shape index (κ3) is 5.85. The summed E-state index contributed by atoms with van der Waals surface area (Å²) < 4.78 is 10.6. The number of amides is 2. The Hall–Kier alpha value is -3.39. The van der Waals surface area contributed by atoms with Crippen LogP contribution in [0.15, 0.2) is 48.5 Å². The normalized spacial score (nSPS) is 13.0. The number of hydrogen-bond acceptors (Lipinski definition) is 5. The van der Waals surface area contributed by atoms with Crippen LogP contribution >= 0.6 is 0 Å². The average molecular weight is 440 g/mol. The summed E-state index contributed by atoms with van der Waals surface area (Å²) in [5.74, 6) is -1.33. The number of rotatable bonds is 11. The molecule has 32 heavy (non-hydrogen) atoms. The largest absolute Gasteiger partial charge is 0.481 e. The van der Waals surface area contributed by atoms with E-state index in [-0.39, 0.29) is 44.6 Å². The fourth-order valence-corrected chi connectivity index (χ4v) is 3.77. The van der Waals surface area contributed by atoms with Gasteiger partial charge in [-0.1, -0.05) is 55.5 Å². The van der Waals surface area contributed by atoms with Gasteiger partial charge in [0.05, 0.1) is 19.6 Å². The standard InChI is InChI=1S/C24H28N2O6/c1-2-21(23(29)25-12-14-31-13-11-22(27)28)26-24(30)32-15-20-18-9-5-3-7-16(18)17-8-4-6-10-19(17)20/h3-10,20-21H,2,11-15H2,1H3,(H,25,29)(H,26,30)(H,27,28)/t21-/m0/s1. The van der Waals surface area contributed by atoms with E-state index in [1.165, 1.54) is 0 Å². The van der Waals surface area contributed by atoms with Crippen molar-refractivity contribution in [3.05, 3.63) is 59.7 Å². The van der Waals surface area contributed by atoms with Gasteiger partial charge in [0.2, 0.25) is 5.91 Å². The molecule has 2 aromatic rings. The molecule has 0 spiro atoms. The van der Waals surface area contributed by atoms with Crippen LogP contribution in [0.3, 0.4) is 0 Å². The van der Waals surface area contributed by atoms with Crippen molar-refractivity contribution in [1.82, 2.24) is 10.6 Å². The highest BCUT2D eigenvalue weighted by molar-refractivity contribution is 5.85. The first-order chi connectivity index (χ1) is 15.5. The Morgan fingerprint density at radius 1 is 1.00 bits per heavy atom. The Kier molecular flexibility index (Phi) is 8.21. The topological polar surface area (TPSA) is 114 Å². The van der Waals surface area contributed by atoms with Crippen molar-refractivity contribution in [3.63, 3.8) is 0 Å². The fourth-order valence-electron chi connectivity index (χ4n) is 3.77. The lowest BCUT2D eigenvalue weighted by atomic mass is 9.98. The number of benzene rings is 2.